The van der Waals surface area contributed by atoms with Crippen LogP contribution in [0.5, 0.6) is 0 Å². The van der Waals surface area contributed by atoms with Gasteiger partial charge < -0.3 is 0 Å². The Morgan fingerprint density at radius 2 is 0.739 bits per heavy atom. The van der Waals surface area contributed by atoms with Crippen LogP contribution in [0, 0.1) is 0 Å². The summed E-state index contributed by atoms with van der Waals surface area (Å²) in [5.74, 6) is -4.70. The predicted octanol–water partition coefficient (Wildman–Crippen LogP) is 5.51. The highest BCUT2D eigenvalue weighted by molar-refractivity contribution is 5.24. The standard InChI is InChI=1S/C8HF15/c9-2(4(11,7(18,19)20)8(21,22)23)1-3(10,5(12,13)14)6(15,16)17/h1H/b2-1-. The SMILES string of the molecule is F/C(=C\C(F)(C(F)(F)F)C(F)(F)F)C(F)(C(F)(F)F)C(F)(F)F. The molecule has 0 atom stereocenters. The van der Waals surface area contributed by atoms with Gasteiger partial charge in [-0.25, -0.2) is 13.2 Å². The number of hydrogen-bond donors (Lipinski definition) is 0. The van der Waals surface area contributed by atoms with Crippen molar-refractivity contribution in [3.63, 3.8) is 0 Å². The predicted molar refractivity (Wildman–Crippen MR) is 41.1 cm³/mol. The van der Waals surface area contributed by atoms with Gasteiger partial charge >= 0.3 is 36.0 Å². The number of allylic oxidation sites excluding steroid dienone is 2. The minimum atomic E-state index is -7.36. The van der Waals surface area contributed by atoms with E-state index in [0.717, 1.165) is 0 Å². The fraction of sp³-hybridized carbons (Fsp3) is 0.750. The van der Waals surface area contributed by atoms with Gasteiger partial charge in [0, 0.05) is 6.08 Å². The zero-order valence-electron chi connectivity index (χ0n) is 9.75. The van der Waals surface area contributed by atoms with Crippen molar-refractivity contribution < 1.29 is 65.9 Å². The van der Waals surface area contributed by atoms with Crippen LogP contribution in [-0.2, 0) is 0 Å². The molecule has 0 aliphatic carbocycles. The molecule has 0 fully saturated rings. The Bertz CT molecular complexity index is 426. The Morgan fingerprint density at radius 1 is 0.478 bits per heavy atom. The Morgan fingerprint density at radius 3 is 0.913 bits per heavy atom. The fourth-order valence-electron chi connectivity index (χ4n) is 1.03. The molecule has 0 aromatic rings. The number of halogens is 15. The first kappa shape index (κ1) is 21.7. The van der Waals surface area contributed by atoms with E-state index in [1.54, 1.807) is 0 Å². The molecular weight excluding hydrogens is 381 g/mol. The van der Waals surface area contributed by atoms with E-state index < -0.39 is 47.9 Å². The molecule has 0 aromatic carbocycles. The van der Waals surface area contributed by atoms with Crippen LogP contribution in [0.3, 0.4) is 0 Å². The minimum absolute atomic E-state index is 2.78. The molecule has 0 N–H and O–H groups in total. The molecule has 0 spiro atoms. The average Bonchev–Trinajstić information content (AvgIpc) is 2.21. The lowest BCUT2D eigenvalue weighted by Crippen LogP contribution is -2.56. The van der Waals surface area contributed by atoms with Crippen molar-refractivity contribution in [3.05, 3.63) is 11.9 Å². The third kappa shape index (κ3) is 3.46. The van der Waals surface area contributed by atoms with E-state index in [-0.39, 0.29) is 0 Å². The zero-order chi connectivity index (χ0) is 19.3. The van der Waals surface area contributed by atoms with Crippen molar-refractivity contribution in [2.24, 2.45) is 0 Å². The minimum Gasteiger partial charge on any atom is -0.219 e. The van der Waals surface area contributed by atoms with Crippen molar-refractivity contribution >= 4 is 0 Å². The molecule has 15 heteroatoms. The maximum atomic E-state index is 12.9. The topological polar surface area (TPSA) is 0 Å². The van der Waals surface area contributed by atoms with Crippen LogP contribution in [0.2, 0.25) is 0 Å². The Hall–Kier alpha value is -1.31. The quantitative estimate of drug-likeness (QED) is 0.553. The average molecular weight is 382 g/mol. The van der Waals surface area contributed by atoms with Crippen molar-refractivity contribution in [1.82, 2.24) is 0 Å². The highest BCUT2D eigenvalue weighted by atomic mass is 19.4. The molecule has 0 rings (SSSR count). The normalized spacial score (nSPS) is 16.7. The molecule has 0 radical (unpaired) electrons. The van der Waals surface area contributed by atoms with E-state index in [1.165, 1.54) is 0 Å². The lowest BCUT2D eigenvalue weighted by Gasteiger charge is -2.31. The van der Waals surface area contributed by atoms with Crippen LogP contribution >= 0.6 is 0 Å². The van der Waals surface area contributed by atoms with E-state index >= 15 is 0 Å². The van der Waals surface area contributed by atoms with Crippen molar-refractivity contribution in [3.8, 4) is 0 Å². The molecule has 0 bridgehead atoms. The molecule has 0 heterocycles. The van der Waals surface area contributed by atoms with Crippen LogP contribution in [0.15, 0.2) is 11.9 Å². The number of alkyl halides is 14. The van der Waals surface area contributed by atoms with Crippen molar-refractivity contribution in [2.75, 3.05) is 0 Å². The number of rotatable bonds is 2. The summed E-state index contributed by atoms with van der Waals surface area (Å²) in [7, 11) is 0. The van der Waals surface area contributed by atoms with Gasteiger partial charge in [0.05, 0.1) is 0 Å². The second-order valence-corrected chi connectivity index (χ2v) is 3.85. The molecule has 23 heavy (non-hydrogen) atoms. The number of hydrogen-bond acceptors (Lipinski definition) is 0. The van der Waals surface area contributed by atoms with Crippen LogP contribution in [0.4, 0.5) is 65.9 Å². The van der Waals surface area contributed by atoms with Crippen molar-refractivity contribution in [1.29, 1.82) is 0 Å². The Balaban J connectivity index is 6.55. The molecule has 138 valence electrons. The van der Waals surface area contributed by atoms with Gasteiger partial charge in [-0.15, -0.1) is 0 Å². The second kappa shape index (κ2) is 5.36. The Labute approximate surface area is 115 Å². The van der Waals surface area contributed by atoms with Crippen LogP contribution in [0.25, 0.3) is 0 Å². The fourth-order valence-corrected chi connectivity index (χ4v) is 1.03. The molecule has 0 saturated carbocycles. The molecule has 0 nitrogen and oxygen atoms in total. The summed E-state index contributed by atoms with van der Waals surface area (Å²) in [5.41, 5.74) is -14.3. The van der Waals surface area contributed by atoms with Crippen LogP contribution in [-0.4, -0.2) is 36.0 Å². The first-order valence-corrected chi connectivity index (χ1v) is 4.66. The maximum Gasteiger partial charge on any atom is 0.438 e. The van der Waals surface area contributed by atoms with Gasteiger partial charge in [0.2, 0.25) is 0 Å². The summed E-state index contributed by atoms with van der Waals surface area (Å²) in [5, 5.41) is 0. The molecular formula is C8HF15. The second-order valence-electron chi connectivity index (χ2n) is 3.85. The monoisotopic (exact) mass is 382 g/mol. The van der Waals surface area contributed by atoms with E-state index in [9.17, 15) is 65.9 Å². The summed E-state index contributed by atoms with van der Waals surface area (Å²) in [6.07, 6.45) is -31.9. The summed E-state index contributed by atoms with van der Waals surface area (Å²) >= 11 is 0. The highest BCUT2D eigenvalue weighted by Gasteiger charge is 2.78. The van der Waals surface area contributed by atoms with Gasteiger partial charge in [0.25, 0.3) is 0 Å². The van der Waals surface area contributed by atoms with Crippen LogP contribution < -0.4 is 0 Å². The third-order valence-corrected chi connectivity index (χ3v) is 2.26. The molecule has 0 saturated heterocycles. The van der Waals surface area contributed by atoms with Gasteiger partial charge in [-0.2, -0.15) is 52.7 Å². The van der Waals surface area contributed by atoms with Gasteiger partial charge in [-0.3, -0.25) is 0 Å². The first-order valence-electron chi connectivity index (χ1n) is 4.66. The van der Waals surface area contributed by atoms with Crippen LogP contribution in [0.1, 0.15) is 0 Å². The largest absolute Gasteiger partial charge is 0.438 e. The molecule has 0 aromatic heterocycles. The van der Waals surface area contributed by atoms with E-state index in [1.807, 2.05) is 0 Å². The summed E-state index contributed by atoms with van der Waals surface area (Å²) in [6, 6.07) is 0. The van der Waals surface area contributed by atoms with E-state index in [0.29, 0.717) is 0 Å². The smallest absolute Gasteiger partial charge is 0.219 e. The van der Waals surface area contributed by atoms with Gasteiger partial charge in [-0.05, 0) is 0 Å². The third-order valence-electron chi connectivity index (χ3n) is 2.26. The lowest BCUT2D eigenvalue weighted by molar-refractivity contribution is -0.337. The van der Waals surface area contributed by atoms with Gasteiger partial charge in [0.1, 0.15) is 0 Å². The molecule has 0 amide bonds. The lowest BCUT2D eigenvalue weighted by atomic mass is 9.96. The molecule has 0 aliphatic heterocycles. The summed E-state index contributed by atoms with van der Waals surface area (Å²) in [6.45, 7) is 0. The molecule has 0 aliphatic rings. The maximum absolute atomic E-state index is 12.9. The molecule has 0 unspecified atom stereocenters. The van der Waals surface area contributed by atoms with Gasteiger partial charge in [0.15, 0.2) is 5.83 Å². The van der Waals surface area contributed by atoms with Gasteiger partial charge in [-0.1, -0.05) is 0 Å². The Kier molecular flexibility index (Phi) is 5.05. The zero-order valence-corrected chi connectivity index (χ0v) is 9.75. The summed E-state index contributed by atoms with van der Waals surface area (Å²) in [4.78, 5) is 0. The van der Waals surface area contributed by atoms with E-state index in [2.05, 4.69) is 0 Å². The van der Waals surface area contributed by atoms with Crippen molar-refractivity contribution in [2.45, 2.75) is 36.0 Å². The first-order chi connectivity index (χ1) is 9.63. The highest BCUT2D eigenvalue weighted by Crippen LogP contribution is 2.54. The summed E-state index contributed by atoms with van der Waals surface area (Å²) < 4.78 is 182. The van der Waals surface area contributed by atoms with E-state index in [4.69, 9.17) is 0 Å².